The van der Waals surface area contributed by atoms with E-state index in [4.69, 9.17) is 9.84 Å². The van der Waals surface area contributed by atoms with Crippen LogP contribution in [0.1, 0.15) is 16.7 Å². The molecule has 0 radical (unpaired) electrons. The summed E-state index contributed by atoms with van der Waals surface area (Å²) in [7, 11) is 0. The summed E-state index contributed by atoms with van der Waals surface area (Å²) in [6.07, 6.45) is 0. The number of hydrogen-bond donors (Lipinski definition) is 1. The Kier molecular flexibility index (Phi) is 6.69. The predicted molar refractivity (Wildman–Crippen MR) is 110 cm³/mol. The van der Waals surface area contributed by atoms with Crippen molar-refractivity contribution in [2.24, 2.45) is 0 Å². The van der Waals surface area contributed by atoms with Gasteiger partial charge in [-0.15, -0.1) is 11.8 Å². The van der Waals surface area contributed by atoms with E-state index in [1.54, 1.807) is 11.8 Å². The van der Waals surface area contributed by atoms with E-state index in [1.165, 1.54) is 16.7 Å². The van der Waals surface area contributed by atoms with E-state index in [9.17, 15) is 4.79 Å². The third kappa shape index (κ3) is 4.59. The van der Waals surface area contributed by atoms with Crippen molar-refractivity contribution >= 4 is 17.7 Å². The van der Waals surface area contributed by atoms with E-state index in [-0.39, 0.29) is 6.61 Å². The van der Waals surface area contributed by atoms with Gasteiger partial charge in [-0.3, -0.25) is 0 Å². The lowest BCUT2D eigenvalue weighted by Gasteiger charge is -2.35. The zero-order valence-corrected chi connectivity index (χ0v) is 15.8. The molecule has 0 amide bonds. The molecule has 27 heavy (non-hydrogen) atoms. The van der Waals surface area contributed by atoms with Gasteiger partial charge >= 0.3 is 5.97 Å². The van der Waals surface area contributed by atoms with E-state index in [0.717, 1.165) is 0 Å². The Labute approximate surface area is 164 Å². The molecule has 3 nitrogen and oxygen atoms in total. The first-order valence-corrected chi connectivity index (χ1v) is 9.82. The normalized spacial score (nSPS) is 11.3. The molecule has 1 N–H and O–H groups in total. The van der Waals surface area contributed by atoms with E-state index in [1.807, 2.05) is 18.2 Å². The Bertz CT molecular complexity index is 739. The van der Waals surface area contributed by atoms with Crippen LogP contribution in [0.25, 0.3) is 0 Å². The average Bonchev–Trinajstić information content (AvgIpc) is 2.73. The van der Waals surface area contributed by atoms with E-state index < -0.39 is 10.7 Å². The molecule has 0 unspecified atom stereocenters. The van der Waals surface area contributed by atoms with Crippen molar-refractivity contribution in [3.63, 3.8) is 0 Å². The lowest BCUT2D eigenvalue weighted by Crippen LogP contribution is -2.26. The minimum atomic E-state index is -0.944. The summed E-state index contributed by atoms with van der Waals surface area (Å²) in [5, 5.41) is 8.77. The van der Waals surface area contributed by atoms with Crippen LogP contribution in [0.5, 0.6) is 0 Å². The summed E-state index contributed by atoms with van der Waals surface area (Å²) in [5.41, 5.74) is 3.56. The number of carbonyl (C=O) groups is 1. The van der Waals surface area contributed by atoms with Crippen LogP contribution >= 0.6 is 11.8 Å². The fourth-order valence-electron chi connectivity index (χ4n) is 3.18. The largest absolute Gasteiger partial charge is 0.480 e. The molecule has 4 heteroatoms. The monoisotopic (exact) mass is 378 g/mol. The highest BCUT2D eigenvalue weighted by Crippen LogP contribution is 2.48. The molecule has 0 heterocycles. The van der Waals surface area contributed by atoms with Crippen LogP contribution < -0.4 is 0 Å². The smallest absolute Gasteiger partial charge is 0.329 e. The number of benzene rings is 3. The summed E-state index contributed by atoms with van der Waals surface area (Å²) < 4.78 is 4.89. The maximum atomic E-state index is 10.7. The first-order valence-electron chi connectivity index (χ1n) is 8.83. The van der Waals surface area contributed by atoms with E-state index in [0.29, 0.717) is 12.4 Å². The summed E-state index contributed by atoms with van der Waals surface area (Å²) in [4.78, 5) is 10.7. The zero-order chi connectivity index (χ0) is 19.0. The van der Waals surface area contributed by atoms with Gasteiger partial charge in [-0.2, -0.15) is 0 Å². The molecule has 0 atom stereocenters. The lowest BCUT2D eigenvalue weighted by molar-refractivity contribution is -0.141. The molecule has 0 spiro atoms. The average molecular weight is 378 g/mol. The summed E-state index contributed by atoms with van der Waals surface area (Å²) >= 11 is 1.76. The molecule has 0 aliphatic rings. The highest BCUT2D eigenvalue weighted by Gasteiger charge is 2.36. The van der Waals surface area contributed by atoms with Gasteiger partial charge in [-0.25, -0.2) is 4.79 Å². The van der Waals surface area contributed by atoms with Crippen molar-refractivity contribution < 1.29 is 14.6 Å². The number of rotatable bonds is 9. The number of carboxylic acids is 1. The Balaban J connectivity index is 2.02. The first kappa shape index (κ1) is 19.2. The van der Waals surface area contributed by atoms with Crippen LogP contribution in [0.3, 0.4) is 0 Å². The minimum Gasteiger partial charge on any atom is -0.480 e. The molecule has 0 bridgehead atoms. The highest BCUT2D eigenvalue weighted by atomic mass is 32.2. The van der Waals surface area contributed by atoms with Crippen LogP contribution in [-0.2, 0) is 14.3 Å². The molecule has 0 aliphatic heterocycles. The van der Waals surface area contributed by atoms with Crippen molar-refractivity contribution in [3.05, 3.63) is 108 Å². The van der Waals surface area contributed by atoms with E-state index in [2.05, 4.69) is 72.8 Å². The van der Waals surface area contributed by atoms with Gasteiger partial charge in [-0.05, 0) is 16.7 Å². The fourth-order valence-corrected chi connectivity index (χ4v) is 4.60. The molecule has 0 aliphatic carbocycles. The highest BCUT2D eigenvalue weighted by molar-refractivity contribution is 8.00. The summed E-state index contributed by atoms with van der Waals surface area (Å²) in [5.74, 6) is -0.271. The molecule has 3 aromatic rings. The SMILES string of the molecule is O=C(O)COCCSC(c1ccccc1)(c1ccccc1)c1ccccc1. The van der Waals surface area contributed by atoms with Gasteiger partial charge in [0.05, 0.1) is 11.4 Å². The van der Waals surface area contributed by atoms with Gasteiger partial charge in [0, 0.05) is 5.75 Å². The third-order valence-corrected chi connectivity index (χ3v) is 5.82. The zero-order valence-electron chi connectivity index (χ0n) is 15.0. The number of hydrogen-bond acceptors (Lipinski definition) is 3. The summed E-state index contributed by atoms with van der Waals surface area (Å²) in [6, 6.07) is 31.2. The van der Waals surface area contributed by atoms with Crippen LogP contribution in [0.2, 0.25) is 0 Å². The molecule has 3 rings (SSSR count). The molecular weight excluding hydrogens is 356 g/mol. The van der Waals surface area contributed by atoms with Crippen molar-refractivity contribution in [1.82, 2.24) is 0 Å². The van der Waals surface area contributed by atoms with Crippen LogP contribution in [0.4, 0.5) is 0 Å². The molecule has 3 aromatic carbocycles. The lowest BCUT2D eigenvalue weighted by atomic mass is 9.84. The predicted octanol–water partition coefficient (Wildman–Crippen LogP) is 4.81. The Hall–Kier alpha value is -2.56. The first-order chi connectivity index (χ1) is 13.2. The van der Waals surface area contributed by atoms with Crippen LogP contribution in [-0.4, -0.2) is 30.0 Å². The molecule has 0 saturated carbocycles. The number of ether oxygens (including phenoxy) is 1. The van der Waals surface area contributed by atoms with Crippen LogP contribution in [0.15, 0.2) is 91.0 Å². The standard InChI is InChI=1S/C23H22O3S/c24-22(25)18-26-16-17-27-23(19-10-4-1-5-11-19,20-12-6-2-7-13-20)21-14-8-3-9-15-21/h1-15H,16-18H2,(H,24,25). The quantitative estimate of drug-likeness (QED) is 0.429. The molecule has 0 aromatic heterocycles. The fraction of sp³-hybridized carbons (Fsp3) is 0.174. The topological polar surface area (TPSA) is 46.5 Å². The maximum Gasteiger partial charge on any atom is 0.329 e. The van der Waals surface area contributed by atoms with Gasteiger partial charge in [-0.1, -0.05) is 91.0 Å². The van der Waals surface area contributed by atoms with Crippen molar-refractivity contribution in [2.45, 2.75) is 4.75 Å². The number of carboxylic acid groups (broad SMARTS) is 1. The molecule has 138 valence electrons. The van der Waals surface area contributed by atoms with Crippen LogP contribution in [0, 0.1) is 0 Å². The van der Waals surface area contributed by atoms with Gasteiger partial charge < -0.3 is 9.84 Å². The Morgan fingerprint density at radius 3 is 1.56 bits per heavy atom. The number of aliphatic carboxylic acids is 1. The van der Waals surface area contributed by atoms with Crippen molar-refractivity contribution in [3.8, 4) is 0 Å². The van der Waals surface area contributed by atoms with Crippen molar-refractivity contribution in [1.29, 1.82) is 0 Å². The summed E-state index contributed by atoms with van der Waals surface area (Å²) in [6.45, 7) is 0.112. The Morgan fingerprint density at radius 2 is 1.19 bits per heavy atom. The second-order valence-corrected chi connectivity index (χ2v) is 7.38. The van der Waals surface area contributed by atoms with Gasteiger partial charge in [0.15, 0.2) is 0 Å². The molecule has 0 saturated heterocycles. The third-order valence-electron chi connectivity index (χ3n) is 4.31. The second-order valence-electron chi connectivity index (χ2n) is 6.07. The molecular formula is C23H22O3S. The maximum absolute atomic E-state index is 10.7. The van der Waals surface area contributed by atoms with Gasteiger partial charge in [0.25, 0.3) is 0 Å². The van der Waals surface area contributed by atoms with Gasteiger partial charge in [0.2, 0.25) is 0 Å². The number of thioether (sulfide) groups is 1. The Morgan fingerprint density at radius 1 is 0.778 bits per heavy atom. The minimum absolute atomic E-state index is 0.268. The van der Waals surface area contributed by atoms with Crippen molar-refractivity contribution in [2.75, 3.05) is 19.0 Å². The van der Waals surface area contributed by atoms with E-state index >= 15 is 0 Å². The second kappa shape index (κ2) is 9.40. The molecule has 0 fully saturated rings. The van der Waals surface area contributed by atoms with Gasteiger partial charge in [0.1, 0.15) is 6.61 Å².